The summed E-state index contributed by atoms with van der Waals surface area (Å²) >= 11 is 0. The summed E-state index contributed by atoms with van der Waals surface area (Å²) in [5, 5.41) is 4.59. The second-order valence-corrected chi connectivity index (χ2v) is 10.8. The first kappa shape index (κ1) is 28.3. The summed E-state index contributed by atoms with van der Waals surface area (Å²) < 4.78 is 21.0. The number of para-hydroxylation sites is 1. The third kappa shape index (κ3) is 4.44. The maximum atomic E-state index is 7.34. The molecule has 0 bridgehead atoms. The maximum absolute atomic E-state index is 7.34. The molecular weight excluding hydrogens is 554 g/mol. The van der Waals surface area contributed by atoms with E-state index in [4.69, 9.17) is 14.2 Å². The molecule has 0 aliphatic carbocycles. The number of hydrogen-bond donors (Lipinski definition) is 0. The first-order chi connectivity index (χ1) is 22.2. The molecule has 2 heterocycles. The molecule has 1 aliphatic rings. The minimum atomic E-state index is -0.790. The molecule has 0 unspecified atom stereocenters. The summed E-state index contributed by atoms with van der Waals surface area (Å²) in [4.78, 5) is 0. The topological polar surface area (TPSA) is 32.6 Å². The van der Waals surface area contributed by atoms with E-state index in [1.165, 1.54) is 10.8 Å². The van der Waals surface area contributed by atoms with Gasteiger partial charge in [0.25, 0.3) is 0 Å². The quantitative estimate of drug-likeness (QED) is 0.200. The molecule has 0 radical (unpaired) electrons. The molecule has 4 nitrogen and oxygen atoms in total. The van der Waals surface area contributed by atoms with Crippen LogP contribution in [-0.4, -0.2) is 18.8 Å². The van der Waals surface area contributed by atoms with Gasteiger partial charge in [-0.25, -0.2) is 0 Å². The van der Waals surface area contributed by atoms with Crippen LogP contribution >= 0.6 is 0 Å². The van der Waals surface area contributed by atoms with Gasteiger partial charge in [-0.05, 0) is 23.6 Å². The van der Waals surface area contributed by atoms with Gasteiger partial charge in [-0.2, -0.15) is 0 Å². The van der Waals surface area contributed by atoms with Crippen molar-refractivity contribution in [1.29, 1.82) is 0 Å². The summed E-state index contributed by atoms with van der Waals surface area (Å²) in [5.74, 6) is 2.32. The Kier molecular flexibility index (Phi) is 7.26. The fourth-order valence-corrected chi connectivity index (χ4v) is 6.62. The van der Waals surface area contributed by atoms with Crippen LogP contribution in [0, 0.1) is 0 Å². The number of aromatic nitrogens is 1. The lowest BCUT2D eigenvalue weighted by atomic mass is 9.83. The zero-order valence-electron chi connectivity index (χ0n) is 26.0. The van der Waals surface area contributed by atoms with Gasteiger partial charge in [-0.3, -0.25) is 0 Å². The lowest BCUT2D eigenvalue weighted by Crippen LogP contribution is -2.34. The summed E-state index contributed by atoms with van der Waals surface area (Å²) in [6.45, 7) is 4.00. The van der Waals surface area contributed by atoms with E-state index in [-0.39, 0.29) is 0 Å². The van der Waals surface area contributed by atoms with Crippen LogP contribution in [0.3, 0.4) is 0 Å². The highest BCUT2D eigenvalue weighted by Gasteiger charge is 2.39. The molecule has 222 valence electrons. The SMILES string of the molecule is CC.COc1cc(OC)cc(-n2c3ccccc3c3c4ccccc4c4c(c32)C=CC(c2ccccc2)(c2ccccc2)O4)c1. The molecule has 1 aromatic heterocycles. The van der Waals surface area contributed by atoms with Crippen LogP contribution in [0.25, 0.3) is 44.3 Å². The van der Waals surface area contributed by atoms with Gasteiger partial charge in [0.1, 0.15) is 17.2 Å². The minimum Gasteiger partial charge on any atom is -0.497 e. The van der Waals surface area contributed by atoms with Crippen molar-refractivity contribution in [3.05, 3.63) is 150 Å². The van der Waals surface area contributed by atoms with E-state index in [9.17, 15) is 0 Å². The molecule has 6 aromatic carbocycles. The summed E-state index contributed by atoms with van der Waals surface area (Å²) in [6, 6.07) is 44.1. The Labute approximate surface area is 263 Å². The van der Waals surface area contributed by atoms with E-state index < -0.39 is 5.60 Å². The van der Waals surface area contributed by atoms with E-state index in [1.807, 2.05) is 32.0 Å². The molecule has 0 fully saturated rings. The van der Waals surface area contributed by atoms with E-state index in [2.05, 4.69) is 126 Å². The Hall–Kier alpha value is -5.48. The fraction of sp³-hybridized carbons (Fsp3) is 0.122. The largest absolute Gasteiger partial charge is 0.497 e. The second-order valence-electron chi connectivity index (χ2n) is 10.8. The molecule has 0 atom stereocenters. The van der Waals surface area contributed by atoms with Crippen LogP contribution in [0.15, 0.2) is 133 Å². The number of ether oxygens (including phenoxy) is 3. The summed E-state index contributed by atoms with van der Waals surface area (Å²) in [7, 11) is 3.37. The van der Waals surface area contributed by atoms with Gasteiger partial charge in [0.15, 0.2) is 5.60 Å². The molecule has 4 heteroatoms. The number of nitrogens with zero attached hydrogens (tertiary/aromatic N) is 1. The number of benzene rings is 6. The first-order valence-electron chi connectivity index (χ1n) is 15.4. The normalized spacial score (nSPS) is 13.2. The van der Waals surface area contributed by atoms with Crippen LogP contribution in [0.1, 0.15) is 30.5 Å². The molecule has 45 heavy (non-hydrogen) atoms. The molecule has 8 rings (SSSR count). The third-order valence-corrected chi connectivity index (χ3v) is 8.56. The fourth-order valence-electron chi connectivity index (χ4n) is 6.62. The first-order valence-corrected chi connectivity index (χ1v) is 15.4. The maximum Gasteiger partial charge on any atom is 0.178 e. The highest BCUT2D eigenvalue weighted by molar-refractivity contribution is 6.25. The van der Waals surface area contributed by atoms with Gasteiger partial charge in [0.05, 0.1) is 30.9 Å². The van der Waals surface area contributed by atoms with Crippen molar-refractivity contribution in [3.8, 4) is 22.9 Å². The Bertz CT molecular complexity index is 2120. The number of hydrogen-bond acceptors (Lipinski definition) is 3. The zero-order chi connectivity index (χ0) is 31.0. The van der Waals surface area contributed by atoms with Crippen molar-refractivity contribution in [3.63, 3.8) is 0 Å². The average Bonchev–Trinajstić information content (AvgIpc) is 3.48. The van der Waals surface area contributed by atoms with E-state index in [0.29, 0.717) is 0 Å². The van der Waals surface area contributed by atoms with Crippen molar-refractivity contribution in [2.24, 2.45) is 0 Å². The predicted molar refractivity (Wildman–Crippen MR) is 186 cm³/mol. The Morgan fingerprint density at radius 2 is 1.13 bits per heavy atom. The minimum absolute atomic E-state index is 0.730. The summed E-state index contributed by atoms with van der Waals surface area (Å²) in [5.41, 5.74) is 5.53. The molecule has 0 N–H and O–H groups in total. The Morgan fingerprint density at radius 1 is 0.600 bits per heavy atom. The molecule has 1 aliphatic heterocycles. The summed E-state index contributed by atoms with van der Waals surface area (Å²) in [6.07, 6.45) is 4.46. The van der Waals surface area contributed by atoms with Crippen LogP contribution in [-0.2, 0) is 5.60 Å². The molecule has 0 saturated heterocycles. The number of rotatable bonds is 5. The monoisotopic (exact) mass is 589 g/mol. The standard InChI is InChI=1S/C39H29NO3.C2H6/c1-41-29-23-28(24-30(25-29)42-2)40-35-20-12-11-19-33(35)36-31-17-9-10-18-32(31)38-34(37(36)40)21-22-39(43-38,26-13-5-3-6-14-26)27-15-7-4-8-16-27;1-2/h3-25H,1-2H3;1-2H3. The second kappa shape index (κ2) is 11.5. The van der Waals surface area contributed by atoms with Gasteiger partial charge in [0, 0.05) is 51.0 Å². The highest BCUT2D eigenvalue weighted by atomic mass is 16.5. The van der Waals surface area contributed by atoms with Crippen LogP contribution in [0.5, 0.6) is 17.2 Å². The molecule has 7 aromatic rings. The zero-order valence-corrected chi connectivity index (χ0v) is 26.0. The van der Waals surface area contributed by atoms with Crippen LogP contribution in [0.4, 0.5) is 0 Å². The molecular formula is C41H35NO3. The highest BCUT2D eigenvalue weighted by Crippen LogP contribution is 2.50. The predicted octanol–water partition coefficient (Wildman–Crippen LogP) is 10.3. The van der Waals surface area contributed by atoms with Crippen LogP contribution < -0.4 is 14.2 Å². The van der Waals surface area contributed by atoms with Gasteiger partial charge < -0.3 is 18.8 Å². The van der Waals surface area contributed by atoms with Crippen molar-refractivity contribution in [2.45, 2.75) is 19.4 Å². The average molecular weight is 590 g/mol. The molecule has 0 saturated carbocycles. The molecule has 0 amide bonds. The van der Waals surface area contributed by atoms with E-state index in [0.717, 1.165) is 61.4 Å². The lowest BCUT2D eigenvalue weighted by Gasteiger charge is -2.37. The van der Waals surface area contributed by atoms with Crippen molar-refractivity contribution in [1.82, 2.24) is 4.57 Å². The third-order valence-electron chi connectivity index (χ3n) is 8.56. The van der Waals surface area contributed by atoms with Crippen molar-refractivity contribution >= 4 is 38.7 Å². The Balaban J connectivity index is 0.00000160. The molecule has 0 spiro atoms. The van der Waals surface area contributed by atoms with E-state index >= 15 is 0 Å². The van der Waals surface area contributed by atoms with Crippen molar-refractivity contribution < 1.29 is 14.2 Å². The van der Waals surface area contributed by atoms with Gasteiger partial charge >= 0.3 is 0 Å². The number of fused-ring (bicyclic) bond motifs is 8. The van der Waals surface area contributed by atoms with E-state index in [1.54, 1.807) is 14.2 Å². The Morgan fingerprint density at radius 3 is 1.73 bits per heavy atom. The van der Waals surface area contributed by atoms with Crippen molar-refractivity contribution in [2.75, 3.05) is 14.2 Å². The smallest absolute Gasteiger partial charge is 0.178 e. The van der Waals surface area contributed by atoms with Gasteiger partial charge in [-0.15, -0.1) is 0 Å². The lowest BCUT2D eigenvalue weighted by molar-refractivity contribution is 0.164. The van der Waals surface area contributed by atoms with Crippen LogP contribution in [0.2, 0.25) is 0 Å². The van der Waals surface area contributed by atoms with Gasteiger partial charge in [-0.1, -0.05) is 117 Å². The number of methoxy groups -OCH3 is 2. The van der Waals surface area contributed by atoms with Gasteiger partial charge in [0.2, 0.25) is 0 Å².